The van der Waals surface area contributed by atoms with Crippen molar-refractivity contribution >= 4 is 22.1 Å². The summed E-state index contributed by atoms with van der Waals surface area (Å²) < 4.78 is 42.2. The van der Waals surface area contributed by atoms with Crippen molar-refractivity contribution in [3.05, 3.63) is 65.7 Å². The van der Waals surface area contributed by atoms with Crippen LogP contribution in [0.5, 0.6) is 0 Å². The number of aliphatic hydroxyl groups excluding tert-OH is 1. The molecule has 1 aliphatic carbocycles. The first-order chi connectivity index (χ1) is 21.9. The lowest BCUT2D eigenvalue weighted by molar-refractivity contribution is -0.155. The predicted molar refractivity (Wildman–Crippen MR) is 179 cm³/mol. The van der Waals surface area contributed by atoms with Crippen LogP contribution in [0.3, 0.4) is 0 Å². The van der Waals surface area contributed by atoms with Gasteiger partial charge in [-0.25, -0.2) is 9.59 Å². The van der Waals surface area contributed by atoms with Crippen LogP contribution in [0.15, 0.2) is 59.5 Å². The Kier molecular flexibility index (Phi) is 14.7. The zero-order chi connectivity index (χ0) is 33.7. The molecule has 256 valence electrons. The van der Waals surface area contributed by atoms with E-state index in [1.165, 1.54) is 31.4 Å². The SMILES string of the molecule is CCCCC(C)(C)CCC[C@H]1CC[C@H](OC(=O)c2ccccc2)[C@@H]1CCCCC(OS(=O)(=O)c1ccc(C)cc1)C(O)C(=O)OC. The van der Waals surface area contributed by atoms with Crippen LogP contribution in [-0.2, 0) is 28.6 Å². The Morgan fingerprint density at radius 1 is 0.935 bits per heavy atom. The van der Waals surface area contributed by atoms with Gasteiger partial charge in [-0.1, -0.05) is 95.2 Å². The molecule has 3 rings (SSSR count). The first-order valence-corrected chi connectivity index (χ1v) is 18.3. The van der Waals surface area contributed by atoms with Crippen molar-refractivity contribution in [2.24, 2.45) is 17.3 Å². The van der Waals surface area contributed by atoms with E-state index in [1.54, 1.807) is 24.3 Å². The second-order valence-electron chi connectivity index (χ2n) is 13.6. The van der Waals surface area contributed by atoms with Gasteiger partial charge in [0.1, 0.15) is 12.2 Å². The number of unbranched alkanes of at least 4 members (excludes halogenated alkanes) is 2. The fourth-order valence-corrected chi connectivity index (χ4v) is 7.73. The number of esters is 2. The number of carbonyl (C=O) groups excluding carboxylic acids is 2. The standard InChI is InChI=1S/C37H54O8S/c1-6-7-25-37(3,4)26-13-16-28-21-24-32(44-35(39)29-14-9-8-10-15-29)31(28)17-11-12-18-33(34(38)36(40)43-5)45-46(41,42)30-22-19-27(2)20-23-30/h8-10,14-15,19-20,22-23,28,31-34,38H,6-7,11-13,16-18,21,24-26H2,1-5H3/t28-,31+,32-,33?,34?/m0/s1. The van der Waals surface area contributed by atoms with Crippen LogP contribution >= 0.6 is 0 Å². The van der Waals surface area contributed by atoms with Gasteiger partial charge in [0.05, 0.1) is 17.6 Å². The minimum Gasteiger partial charge on any atom is -0.467 e. The van der Waals surface area contributed by atoms with Gasteiger partial charge in [-0.05, 0) is 87.0 Å². The molecule has 8 nitrogen and oxygen atoms in total. The van der Waals surface area contributed by atoms with Gasteiger partial charge in [0.15, 0.2) is 6.10 Å². The number of benzene rings is 2. The van der Waals surface area contributed by atoms with Gasteiger partial charge in [-0.3, -0.25) is 4.18 Å². The normalized spacial score (nSPS) is 19.8. The Morgan fingerprint density at radius 2 is 1.61 bits per heavy atom. The minimum absolute atomic E-state index is 0.0464. The van der Waals surface area contributed by atoms with Gasteiger partial charge in [0.2, 0.25) is 0 Å². The average Bonchev–Trinajstić information content (AvgIpc) is 3.41. The van der Waals surface area contributed by atoms with Crippen LogP contribution in [0.1, 0.15) is 114 Å². The van der Waals surface area contributed by atoms with Crippen LogP contribution in [0.4, 0.5) is 0 Å². The fraction of sp³-hybridized carbons (Fsp3) is 0.622. The Bertz CT molecular complexity index is 1320. The van der Waals surface area contributed by atoms with Gasteiger partial charge in [-0.2, -0.15) is 8.42 Å². The fourth-order valence-electron chi connectivity index (χ4n) is 6.62. The first-order valence-electron chi connectivity index (χ1n) is 16.9. The topological polar surface area (TPSA) is 116 Å². The van der Waals surface area contributed by atoms with E-state index < -0.39 is 28.3 Å². The summed E-state index contributed by atoms with van der Waals surface area (Å²) in [6.07, 6.45) is 7.69. The molecule has 2 aromatic rings. The summed E-state index contributed by atoms with van der Waals surface area (Å²) in [4.78, 5) is 25.1. The van der Waals surface area contributed by atoms with E-state index in [-0.39, 0.29) is 29.3 Å². The van der Waals surface area contributed by atoms with E-state index in [0.717, 1.165) is 51.2 Å². The molecule has 1 saturated carbocycles. The number of aryl methyl sites for hydroxylation is 1. The molecule has 0 saturated heterocycles. The highest BCUT2D eigenvalue weighted by molar-refractivity contribution is 7.86. The number of rotatable bonds is 19. The summed E-state index contributed by atoms with van der Waals surface area (Å²) in [5, 5.41) is 10.6. The third-order valence-corrected chi connectivity index (χ3v) is 10.8. The van der Waals surface area contributed by atoms with Gasteiger partial charge < -0.3 is 14.6 Å². The molecule has 0 radical (unpaired) electrons. The van der Waals surface area contributed by atoms with Gasteiger partial charge in [0, 0.05) is 0 Å². The smallest absolute Gasteiger partial charge is 0.338 e. The van der Waals surface area contributed by atoms with Crippen molar-refractivity contribution in [2.45, 2.75) is 128 Å². The summed E-state index contributed by atoms with van der Waals surface area (Å²) in [6, 6.07) is 15.2. The number of ether oxygens (including phenoxy) is 2. The van der Waals surface area contributed by atoms with Gasteiger partial charge in [-0.15, -0.1) is 0 Å². The molecule has 0 spiro atoms. The summed E-state index contributed by atoms with van der Waals surface area (Å²) in [5.74, 6) is -0.666. The van der Waals surface area contributed by atoms with Crippen LogP contribution in [0, 0.1) is 24.2 Å². The largest absolute Gasteiger partial charge is 0.467 e. The molecule has 2 aromatic carbocycles. The lowest BCUT2D eigenvalue weighted by Crippen LogP contribution is -2.38. The van der Waals surface area contributed by atoms with E-state index in [4.69, 9.17) is 8.92 Å². The van der Waals surface area contributed by atoms with Crippen LogP contribution < -0.4 is 0 Å². The molecule has 0 heterocycles. The highest BCUT2D eigenvalue weighted by Crippen LogP contribution is 2.42. The summed E-state index contributed by atoms with van der Waals surface area (Å²) in [6.45, 7) is 8.76. The van der Waals surface area contributed by atoms with Crippen LogP contribution in [0.25, 0.3) is 0 Å². The van der Waals surface area contributed by atoms with E-state index in [1.807, 2.05) is 25.1 Å². The lowest BCUT2D eigenvalue weighted by Gasteiger charge is -2.28. The summed E-state index contributed by atoms with van der Waals surface area (Å²) in [7, 11) is -3.09. The minimum atomic E-state index is -4.23. The molecular formula is C37H54O8S. The molecule has 1 aliphatic rings. The molecule has 1 fully saturated rings. The molecule has 5 atom stereocenters. The Hall–Kier alpha value is -2.75. The molecule has 46 heavy (non-hydrogen) atoms. The van der Waals surface area contributed by atoms with E-state index in [0.29, 0.717) is 29.7 Å². The summed E-state index contributed by atoms with van der Waals surface area (Å²) >= 11 is 0. The zero-order valence-electron chi connectivity index (χ0n) is 28.3. The van der Waals surface area contributed by atoms with E-state index in [2.05, 4.69) is 25.5 Å². The number of carbonyl (C=O) groups is 2. The molecule has 0 bridgehead atoms. The quantitative estimate of drug-likeness (QED) is 0.0924. The van der Waals surface area contributed by atoms with Crippen molar-refractivity contribution in [1.82, 2.24) is 0 Å². The number of methoxy groups -OCH3 is 1. The molecule has 2 unspecified atom stereocenters. The first kappa shape index (κ1) is 37.7. The highest BCUT2D eigenvalue weighted by atomic mass is 32.2. The number of hydrogen-bond donors (Lipinski definition) is 1. The second-order valence-corrected chi connectivity index (χ2v) is 15.2. The van der Waals surface area contributed by atoms with Crippen LogP contribution in [0.2, 0.25) is 0 Å². The van der Waals surface area contributed by atoms with E-state index >= 15 is 0 Å². The molecule has 9 heteroatoms. The number of hydrogen-bond acceptors (Lipinski definition) is 8. The van der Waals surface area contributed by atoms with E-state index in [9.17, 15) is 23.1 Å². The van der Waals surface area contributed by atoms with Crippen molar-refractivity contribution in [3.63, 3.8) is 0 Å². The Morgan fingerprint density at radius 3 is 2.26 bits per heavy atom. The maximum absolute atomic E-state index is 13.0. The van der Waals surface area contributed by atoms with Crippen LogP contribution in [-0.4, -0.2) is 50.9 Å². The maximum Gasteiger partial charge on any atom is 0.338 e. The molecule has 1 N–H and O–H groups in total. The number of aliphatic hydroxyl groups is 1. The molecular weight excluding hydrogens is 604 g/mol. The zero-order valence-corrected chi connectivity index (χ0v) is 29.1. The molecule has 0 amide bonds. The van der Waals surface area contributed by atoms with Crippen molar-refractivity contribution in [2.75, 3.05) is 7.11 Å². The van der Waals surface area contributed by atoms with Gasteiger partial charge >= 0.3 is 11.9 Å². The molecule has 0 aromatic heterocycles. The van der Waals surface area contributed by atoms with Crippen molar-refractivity contribution in [3.8, 4) is 0 Å². The average molecular weight is 659 g/mol. The summed E-state index contributed by atoms with van der Waals surface area (Å²) in [5.41, 5.74) is 1.73. The van der Waals surface area contributed by atoms with Gasteiger partial charge in [0.25, 0.3) is 10.1 Å². The third kappa shape index (κ3) is 11.5. The third-order valence-electron chi connectivity index (χ3n) is 9.44. The molecule has 0 aliphatic heterocycles. The lowest BCUT2D eigenvalue weighted by atomic mass is 9.79. The highest BCUT2D eigenvalue weighted by Gasteiger charge is 2.39. The Balaban J connectivity index is 1.67. The van der Waals surface area contributed by atoms with Crippen molar-refractivity contribution in [1.29, 1.82) is 0 Å². The monoisotopic (exact) mass is 658 g/mol. The maximum atomic E-state index is 13.0. The second kappa shape index (κ2) is 18.0. The predicted octanol–water partition coefficient (Wildman–Crippen LogP) is 7.80. The Labute approximate surface area is 276 Å². The van der Waals surface area contributed by atoms with Crippen molar-refractivity contribution < 1.29 is 36.8 Å².